The summed E-state index contributed by atoms with van der Waals surface area (Å²) >= 11 is 0. The molecule has 0 radical (unpaired) electrons. The van der Waals surface area contributed by atoms with Crippen LogP contribution in [0.1, 0.15) is 52.4 Å². The van der Waals surface area contributed by atoms with Crippen LogP contribution in [0.4, 0.5) is 0 Å². The Morgan fingerprint density at radius 2 is 1.80 bits per heavy atom. The van der Waals surface area contributed by atoms with E-state index in [1.807, 2.05) is 0 Å². The number of fused-ring (bicyclic) bond motifs is 2. The molecule has 4 unspecified atom stereocenters. The van der Waals surface area contributed by atoms with Gasteiger partial charge in [0, 0.05) is 19.1 Å². The highest BCUT2D eigenvalue weighted by Crippen LogP contribution is 2.49. The highest BCUT2D eigenvalue weighted by molar-refractivity contribution is 7.87. The van der Waals surface area contributed by atoms with E-state index in [2.05, 4.69) is 18.6 Å². The molecule has 2 aliphatic carbocycles. The molecule has 0 amide bonds. The largest absolute Gasteiger partial charge is 0.279 e. The molecule has 4 atom stereocenters. The fourth-order valence-corrected chi connectivity index (χ4v) is 6.01. The van der Waals surface area contributed by atoms with E-state index >= 15 is 0 Å². The Hall–Kier alpha value is -0.130. The lowest BCUT2D eigenvalue weighted by atomic mass is 9.84. The van der Waals surface area contributed by atoms with Gasteiger partial charge in [0.05, 0.1) is 0 Å². The van der Waals surface area contributed by atoms with E-state index in [0.29, 0.717) is 24.9 Å². The van der Waals surface area contributed by atoms with Crippen LogP contribution in [-0.4, -0.2) is 31.9 Å². The van der Waals surface area contributed by atoms with Crippen molar-refractivity contribution >= 4 is 10.2 Å². The van der Waals surface area contributed by atoms with E-state index in [9.17, 15) is 8.42 Å². The maximum Gasteiger partial charge on any atom is 0.279 e. The molecule has 20 heavy (non-hydrogen) atoms. The maximum atomic E-state index is 12.5. The summed E-state index contributed by atoms with van der Waals surface area (Å²) in [5, 5.41) is 0. The normalized spacial score (nSPS) is 37.4. The number of piperidine rings is 1. The van der Waals surface area contributed by atoms with E-state index in [1.54, 1.807) is 4.31 Å². The first-order valence-electron chi connectivity index (χ1n) is 8.23. The van der Waals surface area contributed by atoms with E-state index in [4.69, 9.17) is 0 Å². The predicted molar refractivity (Wildman–Crippen MR) is 80.4 cm³/mol. The highest BCUT2D eigenvalue weighted by Gasteiger charge is 2.43. The Balaban J connectivity index is 1.58. The fraction of sp³-hybridized carbons (Fsp3) is 1.00. The molecule has 0 aromatic heterocycles. The van der Waals surface area contributed by atoms with Crippen molar-refractivity contribution in [1.29, 1.82) is 0 Å². The minimum Gasteiger partial charge on any atom is -0.199 e. The summed E-state index contributed by atoms with van der Waals surface area (Å²) in [6.45, 7) is 5.63. The Morgan fingerprint density at radius 3 is 2.35 bits per heavy atom. The van der Waals surface area contributed by atoms with Crippen LogP contribution < -0.4 is 4.72 Å². The van der Waals surface area contributed by atoms with E-state index in [0.717, 1.165) is 24.7 Å². The molecule has 0 aromatic carbocycles. The summed E-state index contributed by atoms with van der Waals surface area (Å²) in [7, 11) is -3.28. The maximum absolute atomic E-state index is 12.5. The summed E-state index contributed by atoms with van der Waals surface area (Å²) in [6.07, 6.45) is 7.21. The average Bonchev–Trinajstić information content (AvgIpc) is 3.01. The molecular weight excluding hydrogens is 272 g/mol. The van der Waals surface area contributed by atoms with Crippen molar-refractivity contribution in [2.24, 2.45) is 23.7 Å². The smallest absolute Gasteiger partial charge is 0.199 e. The minimum absolute atomic E-state index is 0.0923. The first-order valence-corrected chi connectivity index (χ1v) is 9.67. The summed E-state index contributed by atoms with van der Waals surface area (Å²) in [5.74, 6) is 2.85. The second-order valence-electron chi connectivity index (χ2n) is 7.33. The predicted octanol–water partition coefficient (Wildman–Crippen LogP) is 2.38. The van der Waals surface area contributed by atoms with Crippen molar-refractivity contribution in [3.8, 4) is 0 Å². The summed E-state index contributed by atoms with van der Waals surface area (Å²) in [4.78, 5) is 0. The van der Waals surface area contributed by atoms with Crippen LogP contribution in [0.2, 0.25) is 0 Å². The fourth-order valence-electron chi connectivity index (χ4n) is 4.53. The third-order valence-corrected chi connectivity index (χ3v) is 7.57. The number of hydrogen-bond donors (Lipinski definition) is 1. The molecule has 1 saturated heterocycles. The SMILES string of the molecule is CC1CCN(S(=O)(=O)NC(C)C2CC3CCC2C3)CC1. The molecule has 5 heteroatoms. The van der Waals surface area contributed by atoms with Crippen molar-refractivity contribution in [1.82, 2.24) is 9.03 Å². The molecule has 3 fully saturated rings. The van der Waals surface area contributed by atoms with Crippen LogP contribution >= 0.6 is 0 Å². The Bertz CT molecular complexity index is 443. The third-order valence-electron chi connectivity index (χ3n) is 5.85. The number of nitrogens with one attached hydrogen (secondary N) is 1. The Labute approximate surface area is 123 Å². The minimum atomic E-state index is -3.28. The van der Waals surface area contributed by atoms with E-state index in [1.165, 1.54) is 25.7 Å². The molecule has 3 rings (SSSR count). The zero-order chi connectivity index (χ0) is 14.3. The van der Waals surface area contributed by atoms with Gasteiger partial charge >= 0.3 is 0 Å². The van der Waals surface area contributed by atoms with Gasteiger partial charge in [0.25, 0.3) is 10.2 Å². The van der Waals surface area contributed by atoms with E-state index in [-0.39, 0.29) is 6.04 Å². The zero-order valence-electron chi connectivity index (χ0n) is 12.7. The molecule has 2 bridgehead atoms. The average molecular weight is 300 g/mol. The molecule has 3 aliphatic rings. The Kier molecular flexibility index (Phi) is 4.13. The van der Waals surface area contributed by atoms with Gasteiger partial charge in [-0.25, -0.2) is 0 Å². The number of nitrogens with zero attached hydrogens (tertiary/aromatic N) is 1. The second kappa shape index (κ2) is 5.58. The highest BCUT2D eigenvalue weighted by atomic mass is 32.2. The van der Waals surface area contributed by atoms with Gasteiger partial charge in [-0.15, -0.1) is 0 Å². The van der Waals surface area contributed by atoms with Gasteiger partial charge in [0.15, 0.2) is 0 Å². The van der Waals surface area contributed by atoms with Gasteiger partial charge in [0.2, 0.25) is 0 Å². The summed E-state index contributed by atoms with van der Waals surface area (Å²) in [5.41, 5.74) is 0. The monoisotopic (exact) mass is 300 g/mol. The molecule has 2 saturated carbocycles. The molecule has 4 nitrogen and oxygen atoms in total. The first kappa shape index (κ1) is 14.8. The Morgan fingerprint density at radius 1 is 1.10 bits per heavy atom. The quantitative estimate of drug-likeness (QED) is 0.866. The molecule has 1 aliphatic heterocycles. The van der Waals surface area contributed by atoms with Crippen molar-refractivity contribution in [3.63, 3.8) is 0 Å². The van der Waals surface area contributed by atoms with Crippen molar-refractivity contribution in [2.75, 3.05) is 13.1 Å². The lowest BCUT2D eigenvalue weighted by molar-refractivity contribution is 0.261. The van der Waals surface area contributed by atoms with Gasteiger partial charge < -0.3 is 0 Å². The van der Waals surface area contributed by atoms with Gasteiger partial charge in [-0.1, -0.05) is 13.3 Å². The first-order chi connectivity index (χ1) is 9.45. The third kappa shape index (κ3) is 2.90. The topological polar surface area (TPSA) is 49.4 Å². The lowest BCUT2D eigenvalue weighted by Crippen LogP contribution is -2.49. The number of hydrogen-bond acceptors (Lipinski definition) is 2. The molecule has 0 aromatic rings. The number of rotatable bonds is 4. The van der Waals surface area contributed by atoms with Crippen LogP contribution in [-0.2, 0) is 10.2 Å². The molecule has 1 N–H and O–H groups in total. The standard InChI is InChI=1S/C15H28N2O2S/c1-11-5-7-17(8-6-11)20(18,19)16-12(2)15-10-13-3-4-14(15)9-13/h11-16H,3-10H2,1-2H3. The van der Waals surface area contributed by atoms with Crippen molar-refractivity contribution in [2.45, 2.75) is 58.4 Å². The van der Waals surface area contributed by atoms with Crippen LogP contribution in [0.3, 0.4) is 0 Å². The molecule has 116 valence electrons. The van der Waals surface area contributed by atoms with Crippen LogP contribution in [0, 0.1) is 23.7 Å². The van der Waals surface area contributed by atoms with Gasteiger partial charge in [-0.3, -0.25) is 0 Å². The molecule has 0 spiro atoms. The van der Waals surface area contributed by atoms with Crippen molar-refractivity contribution < 1.29 is 8.42 Å². The van der Waals surface area contributed by atoms with Crippen LogP contribution in [0.25, 0.3) is 0 Å². The summed E-state index contributed by atoms with van der Waals surface area (Å²) < 4.78 is 29.6. The lowest BCUT2D eigenvalue weighted by Gasteiger charge is -2.33. The molecule has 1 heterocycles. The second-order valence-corrected chi connectivity index (χ2v) is 9.03. The summed E-state index contributed by atoms with van der Waals surface area (Å²) in [6, 6.07) is 0.0923. The van der Waals surface area contributed by atoms with Gasteiger partial charge in [0.1, 0.15) is 0 Å². The van der Waals surface area contributed by atoms with Crippen molar-refractivity contribution in [3.05, 3.63) is 0 Å². The molecular formula is C15H28N2O2S. The van der Waals surface area contributed by atoms with Crippen LogP contribution in [0.5, 0.6) is 0 Å². The zero-order valence-corrected chi connectivity index (χ0v) is 13.5. The van der Waals surface area contributed by atoms with E-state index < -0.39 is 10.2 Å². The van der Waals surface area contributed by atoms with Gasteiger partial charge in [-0.05, 0) is 62.7 Å². The van der Waals surface area contributed by atoms with Crippen LogP contribution in [0.15, 0.2) is 0 Å². The van der Waals surface area contributed by atoms with Gasteiger partial charge in [-0.2, -0.15) is 17.4 Å².